The standard InChI is InChI=1S/C25H27ClF5N3O3/c26-21-17-6-2-1-5-15(17)11-18(21)25(30,31)23(36)33-19(13-34-9-3-4-10-34)22(35)16-7-8-20(32-12-16)37-14-24(27,28)29/h1-2,5-8,12,18-19,21-22,35H,3-4,9-11,13-14H2,(H,33,36)/t18?,19-,21?,22-/m1/s1. The second kappa shape index (κ2) is 11.1. The maximum atomic E-state index is 15.4. The Morgan fingerprint density at radius 3 is 2.49 bits per heavy atom. The van der Waals surface area contributed by atoms with Gasteiger partial charge in [-0.25, -0.2) is 4.98 Å². The number of pyridine rings is 1. The molecule has 1 aliphatic heterocycles. The lowest BCUT2D eigenvalue weighted by Crippen LogP contribution is -2.54. The van der Waals surface area contributed by atoms with Gasteiger partial charge in [-0.05, 0) is 49.5 Å². The molecule has 0 spiro atoms. The number of nitrogens with zero attached hydrogens (tertiary/aromatic N) is 2. The molecule has 2 unspecified atom stereocenters. The Hall–Kier alpha value is -2.50. The smallest absolute Gasteiger partial charge is 0.422 e. The van der Waals surface area contributed by atoms with Crippen LogP contribution >= 0.6 is 11.6 Å². The molecular formula is C25H27ClF5N3O3. The molecule has 1 aromatic heterocycles. The summed E-state index contributed by atoms with van der Waals surface area (Å²) in [6.45, 7) is -0.0684. The van der Waals surface area contributed by atoms with E-state index in [1.54, 1.807) is 24.3 Å². The quantitative estimate of drug-likeness (QED) is 0.359. The highest BCUT2D eigenvalue weighted by molar-refractivity contribution is 6.21. The van der Waals surface area contributed by atoms with Gasteiger partial charge < -0.3 is 20.1 Å². The summed E-state index contributed by atoms with van der Waals surface area (Å²) < 4.78 is 72.5. The molecule has 1 amide bonds. The van der Waals surface area contributed by atoms with Gasteiger partial charge in [0.15, 0.2) is 6.61 Å². The van der Waals surface area contributed by atoms with Crippen molar-refractivity contribution in [3.63, 3.8) is 0 Å². The molecule has 202 valence electrons. The van der Waals surface area contributed by atoms with Crippen LogP contribution in [0, 0.1) is 5.92 Å². The maximum Gasteiger partial charge on any atom is 0.422 e. The van der Waals surface area contributed by atoms with Crippen LogP contribution in [0.25, 0.3) is 0 Å². The van der Waals surface area contributed by atoms with Gasteiger partial charge in [-0.3, -0.25) is 4.79 Å². The number of aliphatic hydroxyl groups is 1. The van der Waals surface area contributed by atoms with E-state index in [4.69, 9.17) is 11.6 Å². The number of carbonyl (C=O) groups is 1. The van der Waals surface area contributed by atoms with E-state index in [9.17, 15) is 23.1 Å². The molecule has 0 saturated carbocycles. The Balaban J connectivity index is 1.48. The Morgan fingerprint density at radius 1 is 1.16 bits per heavy atom. The molecule has 37 heavy (non-hydrogen) atoms. The van der Waals surface area contributed by atoms with E-state index in [1.807, 2.05) is 4.90 Å². The van der Waals surface area contributed by atoms with Crippen LogP contribution in [0.3, 0.4) is 0 Å². The summed E-state index contributed by atoms with van der Waals surface area (Å²) in [5.41, 5.74) is 1.36. The second-order valence-corrected chi connectivity index (χ2v) is 9.87. The Morgan fingerprint density at radius 2 is 1.86 bits per heavy atom. The number of nitrogens with one attached hydrogen (secondary N) is 1. The molecule has 4 rings (SSSR count). The van der Waals surface area contributed by atoms with Gasteiger partial charge in [-0.15, -0.1) is 11.6 Å². The first-order valence-corrected chi connectivity index (χ1v) is 12.4. The minimum Gasteiger partial charge on any atom is -0.468 e. The summed E-state index contributed by atoms with van der Waals surface area (Å²) >= 11 is 6.33. The van der Waals surface area contributed by atoms with Crippen molar-refractivity contribution < 1.29 is 36.6 Å². The Kier molecular flexibility index (Phi) is 8.25. The molecule has 1 aliphatic carbocycles. The summed E-state index contributed by atoms with van der Waals surface area (Å²) in [7, 11) is 0. The fourth-order valence-corrected chi connectivity index (χ4v) is 5.26. The fraction of sp³-hybridized carbons (Fsp3) is 0.520. The van der Waals surface area contributed by atoms with E-state index in [2.05, 4.69) is 15.0 Å². The average Bonchev–Trinajstić information content (AvgIpc) is 3.50. The number of alkyl halides is 6. The third-order valence-electron chi connectivity index (χ3n) is 6.75. The first-order valence-electron chi connectivity index (χ1n) is 11.9. The van der Waals surface area contributed by atoms with Crippen LogP contribution in [-0.2, 0) is 11.2 Å². The molecule has 1 aromatic carbocycles. The third kappa shape index (κ3) is 6.50. The number of benzene rings is 1. The maximum absolute atomic E-state index is 15.4. The number of aromatic nitrogens is 1. The first-order chi connectivity index (χ1) is 17.5. The number of fused-ring (bicyclic) bond motifs is 1. The molecule has 1 fully saturated rings. The number of likely N-dealkylation sites (tertiary alicyclic amines) is 1. The predicted octanol–water partition coefficient (Wildman–Crippen LogP) is 4.42. The topological polar surface area (TPSA) is 74.7 Å². The lowest BCUT2D eigenvalue weighted by atomic mass is 9.95. The number of carbonyl (C=O) groups excluding carboxylic acids is 1. The van der Waals surface area contributed by atoms with Gasteiger partial charge in [0, 0.05) is 24.4 Å². The van der Waals surface area contributed by atoms with Crippen molar-refractivity contribution in [2.75, 3.05) is 26.2 Å². The minimum absolute atomic E-state index is 0.0621. The van der Waals surface area contributed by atoms with Gasteiger partial charge in [0.1, 0.15) is 6.10 Å². The lowest BCUT2D eigenvalue weighted by molar-refractivity contribution is -0.155. The number of amides is 1. The molecule has 2 aliphatic rings. The highest BCUT2D eigenvalue weighted by Crippen LogP contribution is 2.48. The Labute approximate surface area is 215 Å². The van der Waals surface area contributed by atoms with Crippen LogP contribution < -0.4 is 10.1 Å². The van der Waals surface area contributed by atoms with Crippen molar-refractivity contribution in [2.45, 2.75) is 48.9 Å². The molecule has 0 radical (unpaired) electrons. The zero-order valence-electron chi connectivity index (χ0n) is 19.7. The number of hydrogen-bond donors (Lipinski definition) is 2. The van der Waals surface area contributed by atoms with Crippen LogP contribution in [0.15, 0.2) is 42.6 Å². The minimum atomic E-state index is -4.54. The van der Waals surface area contributed by atoms with Crippen molar-refractivity contribution in [3.05, 3.63) is 59.3 Å². The molecule has 2 aromatic rings. The molecule has 4 atom stereocenters. The van der Waals surface area contributed by atoms with Gasteiger partial charge in [0.2, 0.25) is 5.88 Å². The third-order valence-corrected chi connectivity index (χ3v) is 7.29. The van der Waals surface area contributed by atoms with Crippen LogP contribution in [0.2, 0.25) is 0 Å². The van der Waals surface area contributed by atoms with E-state index < -0.39 is 48.1 Å². The van der Waals surface area contributed by atoms with E-state index in [1.165, 1.54) is 6.07 Å². The monoisotopic (exact) mass is 547 g/mol. The number of aliphatic hydroxyl groups excluding tert-OH is 1. The number of ether oxygens (including phenoxy) is 1. The van der Waals surface area contributed by atoms with E-state index >= 15 is 8.78 Å². The predicted molar refractivity (Wildman–Crippen MR) is 126 cm³/mol. The van der Waals surface area contributed by atoms with Crippen LogP contribution in [0.4, 0.5) is 22.0 Å². The highest BCUT2D eigenvalue weighted by atomic mass is 35.5. The number of halogens is 6. The van der Waals surface area contributed by atoms with Gasteiger partial charge in [0.05, 0.1) is 17.3 Å². The summed E-state index contributed by atoms with van der Waals surface area (Å²) in [4.78, 5) is 18.6. The second-order valence-electron chi connectivity index (χ2n) is 9.40. The summed E-state index contributed by atoms with van der Waals surface area (Å²) in [6, 6.07) is 8.08. The van der Waals surface area contributed by atoms with Gasteiger partial charge >= 0.3 is 12.1 Å². The van der Waals surface area contributed by atoms with Gasteiger partial charge in [-0.1, -0.05) is 24.3 Å². The van der Waals surface area contributed by atoms with Crippen LogP contribution in [0.1, 0.15) is 41.0 Å². The highest BCUT2D eigenvalue weighted by Gasteiger charge is 2.54. The SMILES string of the molecule is O=C(N[C@H](CN1CCCC1)[C@H](O)c1ccc(OCC(F)(F)F)nc1)C(F)(F)C1Cc2ccccc2C1Cl. The molecule has 2 N–H and O–H groups in total. The zero-order chi connectivity index (χ0) is 26.8. The molecule has 2 heterocycles. The van der Waals surface area contributed by atoms with Crippen molar-refractivity contribution in [1.29, 1.82) is 0 Å². The van der Waals surface area contributed by atoms with Gasteiger partial charge in [0.25, 0.3) is 5.91 Å². The zero-order valence-corrected chi connectivity index (χ0v) is 20.5. The van der Waals surface area contributed by atoms with Gasteiger partial charge in [-0.2, -0.15) is 22.0 Å². The molecule has 12 heteroatoms. The van der Waals surface area contributed by atoms with Crippen molar-refractivity contribution >= 4 is 17.5 Å². The van der Waals surface area contributed by atoms with Crippen molar-refractivity contribution in [2.24, 2.45) is 5.92 Å². The molecule has 0 bridgehead atoms. The number of hydrogen-bond acceptors (Lipinski definition) is 5. The molecule has 1 saturated heterocycles. The summed E-state index contributed by atoms with van der Waals surface area (Å²) in [5, 5.41) is 12.3. The average molecular weight is 548 g/mol. The van der Waals surface area contributed by atoms with Crippen LogP contribution in [0.5, 0.6) is 5.88 Å². The summed E-state index contributed by atoms with van der Waals surface area (Å²) in [5.74, 6) is -7.13. The van der Waals surface area contributed by atoms with E-state index in [0.717, 1.165) is 25.1 Å². The number of rotatable bonds is 9. The molecule has 6 nitrogen and oxygen atoms in total. The Bertz CT molecular complexity index is 1080. The van der Waals surface area contributed by atoms with E-state index in [0.29, 0.717) is 24.2 Å². The fourth-order valence-electron chi connectivity index (χ4n) is 4.80. The molecular weight excluding hydrogens is 521 g/mol. The largest absolute Gasteiger partial charge is 0.468 e. The van der Waals surface area contributed by atoms with Crippen LogP contribution in [-0.4, -0.2) is 65.3 Å². The normalized spacial score (nSPS) is 21.9. The van der Waals surface area contributed by atoms with Crippen molar-refractivity contribution in [3.8, 4) is 5.88 Å². The summed E-state index contributed by atoms with van der Waals surface area (Å²) in [6.07, 6.45) is -3.16. The lowest BCUT2D eigenvalue weighted by Gasteiger charge is -2.31. The van der Waals surface area contributed by atoms with Crippen molar-refractivity contribution in [1.82, 2.24) is 15.2 Å². The first kappa shape index (κ1) is 27.5. The van der Waals surface area contributed by atoms with E-state index in [-0.39, 0.29) is 24.4 Å².